The SMILES string of the molecule is CC(NC(=O)N(C)CCCC(=O)O)C1CCCCC1. The number of carboxylic acid groups (broad SMARTS) is 1. The van der Waals surface area contributed by atoms with Crippen molar-refractivity contribution in [2.45, 2.75) is 57.9 Å². The molecule has 0 heterocycles. The number of urea groups is 1. The maximum Gasteiger partial charge on any atom is 0.317 e. The van der Waals surface area contributed by atoms with Gasteiger partial charge < -0.3 is 15.3 Å². The number of hydrogen-bond donors (Lipinski definition) is 2. The summed E-state index contributed by atoms with van der Waals surface area (Å²) in [7, 11) is 1.71. The summed E-state index contributed by atoms with van der Waals surface area (Å²) in [6.07, 6.45) is 6.84. The van der Waals surface area contributed by atoms with Crippen LogP contribution >= 0.6 is 0 Å². The summed E-state index contributed by atoms with van der Waals surface area (Å²) in [4.78, 5) is 23.9. The van der Waals surface area contributed by atoms with Gasteiger partial charge in [0.05, 0.1) is 0 Å². The van der Waals surface area contributed by atoms with Crippen molar-refractivity contribution in [3.63, 3.8) is 0 Å². The summed E-state index contributed by atoms with van der Waals surface area (Å²) in [5, 5.41) is 11.6. The van der Waals surface area contributed by atoms with Crippen molar-refractivity contribution in [1.82, 2.24) is 10.2 Å². The quantitative estimate of drug-likeness (QED) is 0.779. The Morgan fingerprint density at radius 2 is 1.95 bits per heavy atom. The van der Waals surface area contributed by atoms with Gasteiger partial charge in [-0.1, -0.05) is 19.3 Å². The van der Waals surface area contributed by atoms with E-state index in [2.05, 4.69) is 12.2 Å². The van der Waals surface area contributed by atoms with Gasteiger partial charge in [-0.05, 0) is 32.1 Å². The lowest BCUT2D eigenvalue weighted by Crippen LogP contribution is -2.45. The summed E-state index contributed by atoms with van der Waals surface area (Å²) < 4.78 is 0. The van der Waals surface area contributed by atoms with Crippen LogP contribution in [0.4, 0.5) is 4.79 Å². The molecule has 0 radical (unpaired) electrons. The Morgan fingerprint density at radius 1 is 1.32 bits per heavy atom. The number of hydrogen-bond acceptors (Lipinski definition) is 2. The van der Waals surface area contributed by atoms with Crippen molar-refractivity contribution in [3.8, 4) is 0 Å². The normalized spacial score (nSPS) is 17.8. The second kappa shape index (κ2) is 8.02. The third-order valence-corrected chi connectivity index (χ3v) is 3.94. The van der Waals surface area contributed by atoms with E-state index in [4.69, 9.17) is 5.11 Å². The van der Waals surface area contributed by atoms with Gasteiger partial charge in [-0.15, -0.1) is 0 Å². The second-order valence-corrected chi connectivity index (χ2v) is 5.56. The zero-order chi connectivity index (χ0) is 14.3. The predicted molar refractivity (Wildman–Crippen MR) is 74.1 cm³/mol. The van der Waals surface area contributed by atoms with Gasteiger partial charge in [-0.25, -0.2) is 4.79 Å². The number of carboxylic acids is 1. The van der Waals surface area contributed by atoms with Gasteiger partial charge in [0.25, 0.3) is 0 Å². The van der Waals surface area contributed by atoms with Crippen LogP contribution in [0.5, 0.6) is 0 Å². The zero-order valence-corrected chi connectivity index (χ0v) is 12.0. The molecule has 1 aliphatic carbocycles. The molecule has 2 N–H and O–H groups in total. The Labute approximate surface area is 115 Å². The lowest BCUT2D eigenvalue weighted by molar-refractivity contribution is -0.137. The predicted octanol–water partition coefficient (Wildman–Crippen LogP) is 2.46. The molecule has 2 amide bonds. The molecule has 0 aromatic carbocycles. The third kappa shape index (κ3) is 5.94. The Morgan fingerprint density at radius 3 is 2.53 bits per heavy atom. The lowest BCUT2D eigenvalue weighted by Gasteiger charge is -2.30. The van der Waals surface area contributed by atoms with E-state index >= 15 is 0 Å². The van der Waals surface area contributed by atoms with Crippen LogP contribution in [0, 0.1) is 5.92 Å². The molecule has 1 atom stereocenters. The molecule has 1 aliphatic rings. The van der Waals surface area contributed by atoms with Crippen LogP contribution in [0.3, 0.4) is 0 Å². The monoisotopic (exact) mass is 270 g/mol. The van der Waals surface area contributed by atoms with Gasteiger partial charge >= 0.3 is 12.0 Å². The van der Waals surface area contributed by atoms with Crippen LogP contribution < -0.4 is 5.32 Å². The first-order valence-electron chi connectivity index (χ1n) is 7.24. The van der Waals surface area contributed by atoms with Crippen LogP contribution in [0.15, 0.2) is 0 Å². The minimum Gasteiger partial charge on any atom is -0.481 e. The Balaban J connectivity index is 2.26. The average molecular weight is 270 g/mol. The minimum absolute atomic E-state index is 0.0940. The van der Waals surface area contributed by atoms with E-state index in [-0.39, 0.29) is 18.5 Å². The van der Waals surface area contributed by atoms with E-state index in [0.717, 1.165) is 0 Å². The van der Waals surface area contributed by atoms with E-state index in [9.17, 15) is 9.59 Å². The summed E-state index contributed by atoms with van der Waals surface area (Å²) in [5.41, 5.74) is 0. The first-order valence-corrected chi connectivity index (χ1v) is 7.24. The fraction of sp³-hybridized carbons (Fsp3) is 0.857. The van der Waals surface area contributed by atoms with E-state index in [1.165, 1.54) is 32.1 Å². The molecule has 0 aromatic heterocycles. The van der Waals surface area contributed by atoms with Crippen LogP contribution in [0.25, 0.3) is 0 Å². The molecule has 1 rings (SSSR count). The number of nitrogens with zero attached hydrogens (tertiary/aromatic N) is 1. The fourth-order valence-corrected chi connectivity index (χ4v) is 2.63. The third-order valence-electron chi connectivity index (χ3n) is 3.94. The van der Waals surface area contributed by atoms with Crippen molar-refractivity contribution in [3.05, 3.63) is 0 Å². The van der Waals surface area contributed by atoms with E-state index in [0.29, 0.717) is 18.9 Å². The van der Waals surface area contributed by atoms with E-state index < -0.39 is 5.97 Å². The molecule has 0 bridgehead atoms. The van der Waals surface area contributed by atoms with Crippen molar-refractivity contribution in [2.24, 2.45) is 5.92 Å². The molecule has 1 fully saturated rings. The number of amides is 2. The molecule has 0 saturated heterocycles. The highest BCUT2D eigenvalue weighted by Crippen LogP contribution is 2.26. The highest BCUT2D eigenvalue weighted by molar-refractivity contribution is 5.74. The molecule has 1 saturated carbocycles. The van der Waals surface area contributed by atoms with Gasteiger partial charge in [0.1, 0.15) is 0 Å². The van der Waals surface area contributed by atoms with Crippen molar-refractivity contribution >= 4 is 12.0 Å². The summed E-state index contributed by atoms with van der Waals surface area (Å²) in [5.74, 6) is -0.227. The number of rotatable bonds is 6. The van der Waals surface area contributed by atoms with Crippen molar-refractivity contribution in [1.29, 1.82) is 0 Å². The van der Waals surface area contributed by atoms with Crippen LogP contribution in [0.1, 0.15) is 51.9 Å². The summed E-state index contributed by atoms with van der Waals surface area (Å²) >= 11 is 0. The number of carbonyl (C=O) groups is 2. The standard InChI is InChI=1S/C14H26N2O3/c1-11(12-7-4-3-5-8-12)15-14(19)16(2)10-6-9-13(17)18/h11-12H,3-10H2,1-2H3,(H,15,19)(H,17,18). The van der Waals surface area contributed by atoms with Crippen LogP contribution in [-0.4, -0.2) is 41.6 Å². The Kier molecular flexibility index (Phi) is 6.67. The first-order chi connectivity index (χ1) is 9.00. The van der Waals surface area contributed by atoms with Gasteiger partial charge in [0.2, 0.25) is 0 Å². The largest absolute Gasteiger partial charge is 0.481 e. The maximum atomic E-state index is 11.9. The smallest absolute Gasteiger partial charge is 0.317 e. The number of nitrogens with one attached hydrogen (secondary N) is 1. The molecule has 1 unspecified atom stereocenters. The number of carbonyl (C=O) groups excluding carboxylic acids is 1. The van der Waals surface area contributed by atoms with E-state index in [1.54, 1.807) is 11.9 Å². The summed E-state index contributed by atoms with van der Waals surface area (Å²) in [6.45, 7) is 2.55. The topological polar surface area (TPSA) is 69.6 Å². The van der Waals surface area contributed by atoms with E-state index in [1.807, 2.05) is 0 Å². The van der Waals surface area contributed by atoms with Crippen LogP contribution in [-0.2, 0) is 4.79 Å². The molecule has 19 heavy (non-hydrogen) atoms. The molecule has 0 aliphatic heterocycles. The van der Waals surface area contributed by atoms with Gasteiger partial charge in [-0.3, -0.25) is 4.79 Å². The Bertz CT molecular complexity index is 301. The molecular formula is C14H26N2O3. The zero-order valence-electron chi connectivity index (χ0n) is 12.0. The molecule has 0 spiro atoms. The van der Waals surface area contributed by atoms with Gasteiger partial charge in [0.15, 0.2) is 0 Å². The number of aliphatic carboxylic acids is 1. The van der Waals surface area contributed by atoms with Crippen LogP contribution in [0.2, 0.25) is 0 Å². The fourth-order valence-electron chi connectivity index (χ4n) is 2.63. The highest BCUT2D eigenvalue weighted by atomic mass is 16.4. The molecule has 5 nitrogen and oxygen atoms in total. The van der Waals surface area contributed by atoms with Gasteiger partial charge in [0, 0.05) is 26.1 Å². The molecule has 0 aromatic rings. The average Bonchev–Trinajstić information content (AvgIpc) is 2.39. The van der Waals surface area contributed by atoms with Crippen molar-refractivity contribution < 1.29 is 14.7 Å². The molecule has 5 heteroatoms. The Hall–Kier alpha value is -1.26. The summed E-state index contributed by atoms with van der Waals surface area (Å²) in [6, 6.07) is 0.109. The lowest BCUT2D eigenvalue weighted by atomic mass is 9.84. The minimum atomic E-state index is -0.815. The maximum absolute atomic E-state index is 11.9. The van der Waals surface area contributed by atoms with Gasteiger partial charge in [-0.2, -0.15) is 0 Å². The molecular weight excluding hydrogens is 244 g/mol. The highest BCUT2D eigenvalue weighted by Gasteiger charge is 2.22. The molecule has 110 valence electrons. The van der Waals surface area contributed by atoms with Crippen molar-refractivity contribution in [2.75, 3.05) is 13.6 Å². The second-order valence-electron chi connectivity index (χ2n) is 5.56. The first kappa shape index (κ1) is 15.8.